The predicted octanol–water partition coefficient (Wildman–Crippen LogP) is 4.91. The lowest BCUT2D eigenvalue weighted by atomic mass is 9.90. The number of benzene rings is 1. The van der Waals surface area contributed by atoms with Gasteiger partial charge in [0.15, 0.2) is 0 Å². The van der Waals surface area contributed by atoms with E-state index in [1.54, 1.807) is 23.6 Å². The number of nitrogens with one attached hydrogen (secondary N) is 1. The van der Waals surface area contributed by atoms with Crippen molar-refractivity contribution in [2.45, 2.75) is 26.2 Å². The second-order valence-electron chi connectivity index (χ2n) is 6.52. The van der Waals surface area contributed by atoms with Gasteiger partial charge in [-0.3, -0.25) is 9.78 Å². The van der Waals surface area contributed by atoms with E-state index in [0.29, 0.717) is 5.02 Å². The van der Waals surface area contributed by atoms with Crippen molar-refractivity contribution in [3.05, 3.63) is 63.9 Å². The molecule has 1 aromatic carbocycles. The molecule has 1 aliphatic rings. The number of fused-ring (bicyclic) bond motifs is 1. The molecule has 0 fully saturated rings. The van der Waals surface area contributed by atoms with E-state index >= 15 is 0 Å². The van der Waals surface area contributed by atoms with Gasteiger partial charge in [0.25, 0.3) is 0 Å². The van der Waals surface area contributed by atoms with Crippen LogP contribution in [0.1, 0.15) is 22.6 Å². The van der Waals surface area contributed by atoms with E-state index in [0.717, 1.165) is 46.8 Å². The highest BCUT2D eigenvalue weighted by Gasteiger charge is 2.28. The largest absolute Gasteiger partial charge is 0.326 e. The van der Waals surface area contributed by atoms with Crippen LogP contribution in [0.5, 0.6) is 0 Å². The molecule has 6 heteroatoms. The van der Waals surface area contributed by atoms with Crippen LogP contribution in [0.15, 0.2) is 42.7 Å². The molecule has 1 aliphatic carbocycles. The van der Waals surface area contributed by atoms with Crippen LogP contribution >= 0.6 is 22.9 Å². The third kappa shape index (κ3) is 3.50. The molecule has 0 bridgehead atoms. The van der Waals surface area contributed by atoms with E-state index < -0.39 is 0 Å². The number of hydrogen-bond acceptors (Lipinski definition) is 4. The number of rotatable bonds is 3. The molecule has 3 aromatic rings. The van der Waals surface area contributed by atoms with Crippen molar-refractivity contribution < 1.29 is 4.79 Å². The molecule has 1 unspecified atom stereocenters. The summed E-state index contributed by atoms with van der Waals surface area (Å²) < 4.78 is 0. The summed E-state index contributed by atoms with van der Waals surface area (Å²) in [5, 5.41) is 4.64. The van der Waals surface area contributed by atoms with Crippen molar-refractivity contribution in [2.24, 2.45) is 5.92 Å². The summed E-state index contributed by atoms with van der Waals surface area (Å²) in [5.74, 6) is 0.0108. The van der Waals surface area contributed by atoms with Crippen molar-refractivity contribution in [3.63, 3.8) is 0 Å². The average Bonchev–Trinajstić information content (AvgIpc) is 3.09. The first-order valence-corrected chi connectivity index (χ1v) is 9.75. The van der Waals surface area contributed by atoms with E-state index in [4.69, 9.17) is 16.6 Å². The lowest BCUT2D eigenvalue weighted by Crippen LogP contribution is -2.27. The summed E-state index contributed by atoms with van der Waals surface area (Å²) in [6, 6.07) is 9.54. The summed E-state index contributed by atoms with van der Waals surface area (Å²) in [6.07, 6.45) is 5.97. The molecule has 4 nitrogen and oxygen atoms in total. The van der Waals surface area contributed by atoms with Crippen LogP contribution in [0.2, 0.25) is 5.02 Å². The zero-order chi connectivity index (χ0) is 18.1. The summed E-state index contributed by atoms with van der Waals surface area (Å²) in [6.45, 7) is 1.94. The predicted molar refractivity (Wildman–Crippen MR) is 106 cm³/mol. The third-order valence-electron chi connectivity index (χ3n) is 4.66. The molecule has 0 radical (unpaired) electrons. The summed E-state index contributed by atoms with van der Waals surface area (Å²) >= 11 is 7.82. The Morgan fingerprint density at radius 1 is 1.35 bits per heavy atom. The first kappa shape index (κ1) is 17.2. The number of aromatic nitrogens is 2. The minimum atomic E-state index is -0.0372. The molecule has 1 N–H and O–H groups in total. The van der Waals surface area contributed by atoms with E-state index in [1.165, 1.54) is 4.88 Å². The fourth-order valence-electron chi connectivity index (χ4n) is 3.13. The van der Waals surface area contributed by atoms with Crippen LogP contribution in [0.25, 0.3) is 10.6 Å². The van der Waals surface area contributed by atoms with Crippen molar-refractivity contribution in [1.29, 1.82) is 0 Å². The first-order chi connectivity index (χ1) is 12.6. The van der Waals surface area contributed by atoms with Crippen LogP contribution in [-0.4, -0.2) is 15.9 Å². The molecule has 1 atom stereocenters. The van der Waals surface area contributed by atoms with Crippen molar-refractivity contribution >= 4 is 34.5 Å². The Morgan fingerprint density at radius 3 is 3.00 bits per heavy atom. The Balaban J connectivity index is 1.48. The molecule has 0 spiro atoms. The van der Waals surface area contributed by atoms with Crippen LogP contribution in [0, 0.1) is 12.8 Å². The van der Waals surface area contributed by atoms with Gasteiger partial charge in [-0.25, -0.2) is 4.98 Å². The zero-order valence-electron chi connectivity index (χ0n) is 14.3. The molecule has 0 saturated carbocycles. The number of thiazole rings is 1. The van der Waals surface area contributed by atoms with Crippen LogP contribution < -0.4 is 5.32 Å². The van der Waals surface area contributed by atoms with Gasteiger partial charge in [-0.1, -0.05) is 17.7 Å². The lowest BCUT2D eigenvalue weighted by molar-refractivity contribution is -0.120. The number of amides is 1. The summed E-state index contributed by atoms with van der Waals surface area (Å²) in [4.78, 5) is 22.8. The molecule has 26 heavy (non-hydrogen) atoms. The highest BCUT2D eigenvalue weighted by molar-refractivity contribution is 7.15. The molecular formula is C20H18ClN3OS. The Morgan fingerprint density at radius 2 is 2.23 bits per heavy atom. The minimum absolute atomic E-state index is 0.0372. The maximum atomic E-state index is 12.7. The van der Waals surface area contributed by atoms with Crippen molar-refractivity contribution in [2.75, 3.05) is 5.32 Å². The quantitative estimate of drug-likeness (QED) is 0.699. The van der Waals surface area contributed by atoms with Gasteiger partial charge in [-0.15, -0.1) is 11.3 Å². The molecule has 0 aliphatic heterocycles. The standard InChI is InChI=1S/C20H18ClN3OS/c1-12-4-6-15(10-16(12)21)23-19(25)13-5-7-17-18(9-13)26-20(24-17)14-3-2-8-22-11-14/h2-4,6,8,10-11,13H,5,7,9H2,1H3,(H,23,25). The second kappa shape index (κ2) is 7.17. The number of pyridine rings is 1. The first-order valence-electron chi connectivity index (χ1n) is 8.56. The Labute approximate surface area is 161 Å². The molecular weight excluding hydrogens is 366 g/mol. The van der Waals surface area contributed by atoms with E-state index in [9.17, 15) is 4.79 Å². The molecule has 4 rings (SSSR count). The lowest BCUT2D eigenvalue weighted by Gasteiger charge is -2.20. The van der Waals surface area contributed by atoms with E-state index in [-0.39, 0.29) is 11.8 Å². The van der Waals surface area contributed by atoms with Crippen molar-refractivity contribution in [3.8, 4) is 10.6 Å². The maximum absolute atomic E-state index is 12.7. The number of anilines is 1. The minimum Gasteiger partial charge on any atom is -0.326 e. The average molecular weight is 384 g/mol. The van der Waals surface area contributed by atoms with Gasteiger partial charge in [-0.05, 0) is 56.0 Å². The molecule has 1 amide bonds. The number of nitrogens with zero attached hydrogens (tertiary/aromatic N) is 2. The van der Waals surface area contributed by atoms with Gasteiger partial charge < -0.3 is 5.32 Å². The molecule has 132 valence electrons. The number of aryl methyl sites for hydroxylation is 2. The van der Waals surface area contributed by atoms with Crippen molar-refractivity contribution in [1.82, 2.24) is 9.97 Å². The number of carbonyl (C=O) groups excluding carboxylic acids is 1. The van der Waals surface area contributed by atoms with Gasteiger partial charge in [-0.2, -0.15) is 0 Å². The maximum Gasteiger partial charge on any atom is 0.227 e. The van der Waals surface area contributed by atoms with Crippen LogP contribution in [-0.2, 0) is 17.6 Å². The van der Waals surface area contributed by atoms with Gasteiger partial charge in [0.2, 0.25) is 5.91 Å². The number of carbonyl (C=O) groups is 1. The molecule has 2 aromatic heterocycles. The van der Waals surface area contributed by atoms with Gasteiger partial charge >= 0.3 is 0 Å². The summed E-state index contributed by atoms with van der Waals surface area (Å²) in [5.41, 5.74) is 3.90. The Hall–Kier alpha value is -2.24. The molecule has 0 saturated heterocycles. The zero-order valence-corrected chi connectivity index (χ0v) is 15.9. The summed E-state index contributed by atoms with van der Waals surface area (Å²) in [7, 11) is 0. The topological polar surface area (TPSA) is 54.9 Å². The van der Waals surface area contributed by atoms with Crippen LogP contribution in [0.3, 0.4) is 0 Å². The number of halogens is 1. The fraction of sp³-hybridized carbons (Fsp3) is 0.250. The fourth-order valence-corrected chi connectivity index (χ4v) is 4.48. The highest BCUT2D eigenvalue weighted by Crippen LogP contribution is 2.35. The van der Waals surface area contributed by atoms with Gasteiger partial charge in [0.1, 0.15) is 5.01 Å². The Bertz CT molecular complexity index is 955. The smallest absolute Gasteiger partial charge is 0.227 e. The normalized spacial score (nSPS) is 16.2. The third-order valence-corrected chi connectivity index (χ3v) is 6.23. The van der Waals surface area contributed by atoms with Gasteiger partial charge in [0, 0.05) is 39.5 Å². The number of hydrogen-bond donors (Lipinski definition) is 1. The Kier molecular flexibility index (Phi) is 4.74. The van der Waals surface area contributed by atoms with E-state index in [2.05, 4.69) is 10.3 Å². The van der Waals surface area contributed by atoms with Gasteiger partial charge in [0.05, 0.1) is 5.69 Å². The monoisotopic (exact) mass is 383 g/mol. The van der Waals surface area contributed by atoms with E-state index in [1.807, 2.05) is 37.4 Å². The molecule has 2 heterocycles. The second-order valence-corrected chi connectivity index (χ2v) is 8.01. The highest BCUT2D eigenvalue weighted by atomic mass is 35.5. The van der Waals surface area contributed by atoms with Crippen LogP contribution in [0.4, 0.5) is 5.69 Å². The SMILES string of the molecule is Cc1ccc(NC(=O)C2CCc3nc(-c4cccnc4)sc3C2)cc1Cl.